The Morgan fingerprint density at radius 1 is 1.33 bits per heavy atom. The first-order valence-corrected chi connectivity index (χ1v) is 6.22. The van der Waals surface area contributed by atoms with Crippen LogP contribution in [0.25, 0.3) is 0 Å². The number of pyridine rings is 1. The van der Waals surface area contributed by atoms with E-state index in [1.165, 1.54) is 5.56 Å². The maximum atomic E-state index is 5.51. The van der Waals surface area contributed by atoms with E-state index in [0.717, 1.165) is 31.9 Å². The lowest BCUT2D eigenvalue weighted by molar-refractivity contribution is 0.319. The number of nitrogens with zero attached hydrogens (tertiary/aromatic N) is 4. The first-order chi connectivity index (χ1) is 8.81. The van der Waals surface area contributed by atoms with Gasteiger partial charge < -0.3 is 4.42 Å². The lowest BCUT2D eigenvalue weighted by atomic mass is 10.1. The Morgan fingerprint density at radius 3 is 2.89 bits per heavy atom. The third-order valence-electron chi connectivity index (χ3n) is 3.32. The molecule has 0 amide bonds. The molecule has 0 bridgehead atoms. The van der Waals surface area contributed by atoms with Gasteiger partial charge in [0.05, 0.1) is 5.92 Å². The van der Waals surface area contributed by atoms with E-state index in [4.69, 9.17) is 4.42 Å². The zero-order valence-electron chi connectivity index (χ0n) is 10.4. The molecule has 1 atom stereocenters. The quantitative estimate of drug-likeness (QED) is 0.823. The van der Waals surface area contributed by atoms with Gasteiger partial charge in [-0.15, -0.1) is 10.2 Å². The van der Waals surface area contributed by atoms with Crippen LogP contribution < -0.4 is 0 Å². The topological polar surface area (TPSA) is 55.1 Å². The number of hydrogen-bond acceptors (Lipinski definition) is 5. The smallest absolute Gasteiger partial charge is 0.220 e. The van der Waals surface area contributed by atoms with Crippen molar-refractivity contribution in [1.29, 1.82) is 0 Å². The van der Waals surface area contributed by atoms with Gasteiger partial charge in [0.15, 0.2) is 0 Å². The van der Waals surface area contributed by atoms with E-state index < -0.39 is 0 Å². The molecule has 3 heterocycles. The first-order valence-electron chi connectivity index (χ1n) is 6.22. The number of aryl methyl sites for hydroxylation is 1. The number of rotatable bonds is 3. The van der Waals surface area contributed by atoms with Gasteiger partial charge in [-0.25, -0.2) is 0 Å². The number of hydrogen-bond donors (Lipinski definition) is 0. The molecule has 0 N–H and O–H groups in total. The van der Waals surface area contributed by atoms with E-state index in [1.807, 2.05) is 19.3 Å². The van der Waals surface area contributed by atoms with Crippen molar-refractivity contribution in [3.63, 3.8) is 0 Å². The molecular formula is C13H16N4O. The van der Waals surface area contributed by atoms with Gasteiger partial charge in [-0.2, -0.15) is 0 Å². The molecule has 5 nitrogen and oxygen atoms in total. The molecule has 18 heavy (non-hydrogen) atoms. The standard InChI is InChI=1S/C13H16N4O/c1-10-15-16-13(18-10)12-4-7-17(9-12)8-11-2-5-14-6-3-11/h2-3,5-6,12H,4,7-9H2,1H3/t12-/m0/s1. The minimum atomic E-state index is 0.382. The summed E-state index contributed by atoms with van der Waals surface area (Å²) in [5.41, 5.74) is 1.30. The largest absolute Gasteiger partial charge is 0.425 e. The predicted octanol–water partition coefficient (Wildman–Crippen LogP) is 1.76. The fourth-order valence-electron chi connectivity index (χ4n) is 2.40. The van der Waals surface area contributed by atoms with Crippen molar-refractivity contribution < 1.29 is 4.42 Å². The predicted molar refractivity (Wildman–Crippen MR) is 65.9 cm³/mol. The maximum Gasteiger partial charge on any atom is 0.220 e. The van der Waals surface area contributed by atoms with Crippen molar-refractivity contribution in [2.45, 2.75) is 25.8 Å². The molecule has 5 heteroatoms. The van der Waals surface area contributed by atoms with Crippen molar-refractivity contribution in [3.8, 4) is 0 Å². The molecule has 0 aromatic carbocycles. The molecule has 0 saturated carbocycles. The van der Waals surface area contributed by atoms with Gasteiger partial charge in [0.2, 0.25) is 11.8 Å². The van der Waals surface area contributed by atoms with Crippen LogP contribution in [0.15, 0.2) is 28.9 Å². The molecule has 0 aliphatic carbocycles. The Bertz CT molecular complexity index is 511. The van der Waals surface area contributed by atoms with Crippen LogP contribution in [0.3, 0.4) is 0 Å². The van der Waals surface area contributed by atoms with Crippen molar-refractivity contribution >= 4 is 0 Å². The summed E-state index contributed by atoms with van der Waals surface area (Å²) < 4.78 is 5.51. The van der Waals surface area contributed by atoms with Crippen LogP contribution >= 0.6 is 0 Å². The summed E-state index contributed by atoms with van der Waals surface area (Å²) in [6.45, 7) is 4.87. The molecule has 1 fully saturated rings. The van der Waals surface area contributed by atoms with Gasteiger partial charge in [-0.1, -0.05) is 0 Å². The van der Waals surface area contributed by atoms with Crippen LogP contribution in [0, 0.1) is 6.92 Å². The SMILES string of the molecule is Cc1nnc([C@H]2CCN(Cc3ccncc3)C2)o1. The summed E-state index contributed by atoms with van der Waals surface area (Å²) in [6, 6.07) is 4.12. The van der Waals surface area contributed by atoms with Crippen LogP contribution in [0.4, 0.5) is 0 Å². The summed E-state index contributed by atoms with van der Waals surface area (Å²) in [7, 11) is 0. The average molecular weight is 244 g/mol. The number of likely N-dealkylation sites (tertiary alicyclic amines) is 1. The van der Waals surface area contributed by atoms with Crippen LogP contribution in [-0.4, -0.2) is 33.2 Å². The molecule has 0 unspecified atom stereocenters. The van der Waals surface area contributed by atoms with Crippen molar-refractivity contribution in [2.24, 2.45) is 0 Å². The van der Waals surface area contributed by atoms with Crippen LogP contribution in [0.1, 0.15) is 29.7 Å². The summed E-state index contributed by atoms with van der Waals surface area (Å²) in [5.74, 6) is 1.82. The molecule has 0 radical (unpaired) electrons. The van der Waals surface area contributed by atoms with E-state index in [2.05, 4.69) is 32.2 Å². The zero-order chi connectivity index (χ0) is 12.4. The van der Waals surface area contributed by atoms with Crippen LogP contribution in [-0.2, 0) is 6.54 Å². The Hall–Kier alpha value is -1.75. The maximum absolute atomic E-state index is 5.51. The normalized spacial score (nSPS) is 20.4. The van der Waals surface area contributed by atoms with Gasteiger partial charge in [-0.3, -0.25) is 9.88 Å². The van der Waals surface area contributed by atoms with Crippen LogP contribution in [0.5, 0.6) is 0 Å². The monoisotopic (exact) mass is 244 g/mol. The molecule has 1 aliphatic rings. The summed E-state index contributed by atoms with van der Waals surface area (Å²) in [4.78, 5) is 6.45. The van der Waals surface area contributed by atoms with Crippen molar-refractivity contribution in [1.82, 2.24) is 20.1 Å². The Balaban J connectivity index is 1.62. The van der Waals surface area contributed by atoms with E-state index in [9.17, 15) is 0 Å². The Kier molecular flexibility index (Phi) is 3.06. The zero-order valence-corrected chi connectivity index (χ0v) is 10.4. The molecule has 2 aromatic heterocycles. The van der Waals surface area contributed by atoms with Gasteiger partial charge >= 0.3 is 0 Å². The summed E-state index contributed by atoms with van der Waals surface area (Å²) in [5, 5.41) is 8.01. The van der Waals surface area contributed by atoms with Crippen molar-refractivity contribution in [2.75, 3.05) is 13.1 Å². The second kappa shape index (κ2) is 4.86. The minimum Gasteiger partial charge on any atom is -0.425 e. The second-order valence-electron chi connectivity index (χ2n) is 4.74. The Labute approximate surface area is 106 Å². The highest BCUT2D eigenvalue weighted by Crippen LogP contribution is 2.26. The molecule has 94 valence electrons. The lowest BCUT2D eigenvalue weighted by Crippen LogP contribution is -2.19. The summed E-state index contributed by atoms with van der Waals surface area (Å²) >= 11 is 0. The highest BCUT2D eigenvalue weighted by atomic mass is 16.4. The summed E-state index contributed by atoms with van der Waals surface area (Å²) in [6.07, 6.45) is 4.77. The van der Waals surface area contributed by atoms with Gasteiger partial charge in [0.1, 0.15) is 0 Å². The third kappa shape index (κ3) is 2.41. The first kappa shape index (κ1) is 11.3. The van der Waals surface area contributed by atoms with Gasteiger partial charge in [-0.05, 0) is 30.7 Å². The third-order valence-corrected chi connectivity index (χ3v) is 3.32. The highest BCUT2D eigenvalue weighted by molar-refractivity contribution is 5.10. The Morgan fingerprint density at radius 2 is 2.17 bits per heavy atom. The molecule has 1 aliphatic heterocycles. The van der Waals surface area contributed by atoms with Gasteiger partial charge in [0.25, 0.3) is 0 Å². The molecule has 2 aromatic rings. The average Bonchev–Trinajstić information content (AvgIpc) is 2.99. The number of aromatic nitrogens is 3. The highest BCUT2D eigenvalue weighted by Gasteiger charge is 2.27. The van der Waals surface area contributed by atoms with E-state index in [1.54, 1.807) is 0 Å². The molecule has 1 saturated heterocycles. The van der Waals surface area contributed by atoms with Crippen molar-refractivity contribution in [3.05, 3.63) is 41.9 Å². The molecule has 3 rings (SSSR count). The minimum absolute atomic E-state index is 0.382. The van der Waals surface area contributed by atoms with E-state index >= 15 is 0 Å². The second-order valence-corrected chi connectivity index (χ2v) is 4.74. The van der Waals surface area contributed by atoms with E-state index in [-0.39, 0.29) is 0 Å². The molecule has 0 spiro atoms. The fourth-order valence-corrected chi connectivity index (χ4v) is 2.40. The fraction of sp³-hybridized carbons (Fsp3) is 0.462. The lowest BCUT2D eigenvalue weighted by Gasteiger charge is -2.14. The van der Waals surface area contributed by atoms with Crippen LogP contribution in [0.2, 0.25) is 0 Å². The molecular weight excluding hydrogens is 228 g/mol. The van der Waals surface area contributed by atoms with Gasteiger partial charge in [0, 0.05) is 32.4 Å². The van der Waals surface area contributed by atoms with E-state index in [0.29, 0.717) is 11.8 Å².